The number of Topliss-reactive ketones (excluding diaryl/α,β-unsaturated/α-hetero) is 1. The Bertz CT molecular complexity index is 1130. The Kier molecular flexibility index (Phi) is 5.61. The summed E-state index contributed by atoms with van der Waals surface area (Å²) in [7, 11) is 0. The van der Waals surface area contributed by atoms with Crippen LogP contribution in [0.1, 0.15) is 27.9 Å². The van der Waals surface area contributed by atoms with Crippen molar-refractivity contribution in [3.05, 3.63) is 98.2 Å². The summed E-state index contributed by atoms with van der Waals surface area (Å²) in [6.07, 6.45) is -0.433. The second-order valence-corrected chi connectivity index (χ2v) is 8.98. The molecule has 152 valence electrons. The van der Waals surface area contributed by atoms with Gasteiger partial charge in [-0.3, -0.25) is 9.59 Å². The van der Waals surface area contributed by atoms with Crippen molar-refractivity contribution in [3.8, 4) is 0 Å². The number of rotatable bonds is 5. The Morgan fingerprint density at radius 1 is 0.967 bits per heavy atom. The number of benzene rings is 3. The van der Waals surface area contributed by atoms with Gasteiger partial charge in [-0.05, 0) is 60.2 Å². The molecule has 1 atom stereocenters. The van der Waals surface area contributed by atoms with Crippen LogP contribution in [0, 0.1) is 5.82 Å². The third-order valence-electron chi connectivity index (χ3n) is 5.13. The van der Waals surface area contributed by atoms with Gasteiger partial charge in [-0.2, -0.15) is 0 Å². The molecule has 1 aliphatic rings. The Balaban J connectivity index is 1.70. The van der Waals surface area contributed by atoms with E-state index < -0.39 is 29.5 Å². The SMILES string of the molecule is O=C(CC1(O)C(=O)N(Cc2ccc(Br)cc2)c2ccc(Br)cc21)c1ccc(F)cc1. The minimum atomic E-state index is -2.00. The summed E-state index contributed by atoms with van der Waals surface area (Å²) in [4.78, 5) is 27.6. The molecule has 0 fully saturated rings. The number of amides is 1. The van der Waals surface area contributed by atoms with Crippen molar-refractivity contribution in [2.45, 2.75) is 18.6 Å². The predicted octanol–water partition coefficient (Wildman–Crippen LogP) is 5.36. The highest BCUT2D eigenvalue weighted by Gasteiger charge is 2.51. The zero-order valence-electron chi connectivity index (χ0n) is 15.6. The van der Waals surface area contributed by atoms with Crippen molar-refractivity contribution in [2.24, 2.45) is 0 Å². The van der Waals surface area contributed by atoms with Crippen LogP contribution in [-0.4, -0.2) is 16.8 Å². The summed E-state index contributed by atoms with van der Waals surface area (Å²) < 4.78 is 14.8. The average Bonchev–Trinajstić information content (AvgIpc) is 2.91. The number of anilines is 1. The number of fused-ring (bicyclic) bond motifs is 1. The van der Waals surface area contributed by atoms with Crippen LogP contribution in [0.5, 0.6) is 0 Å². The molecule has 0 aliphatic carbocycles. The topological polar surface area (TPSA) is 57.6 Å². The Morgan fingerprint density at radius 2 is 1.60 bits per heavy atom. The minimum absolute atomic E-state index is 0.237. The lowest BCUT2D eigenvalue weighted by Gasteiger charge is -2.23. The third kappa shape index (κ3) is 3.85. The normalized spacial score (nSPS) is 17.9. The number of carbonyl (C=O) groups excluding carboxylic acids is 2. The van der Waals surface area contributed by atoms with Crippen LogP contribution in [0.3, 0.4) is 0 Å². The van der Waals surface area contributed by atoms with Crippen LogP contribution in [0.4, 0.5) is 10.1 Å². The first-order valence-electron chi connectivity index (χ1n) is 9.15. The molecule has 30 heavy (non-hydrogen) atoms. The van der Waals surface area contributed by atoms with Crippen LogP contribution < -0.4 is 4.90 Å². The van der Waals surface area contributed by atoms with Gasteiger partial charge in [0.1, 0.15) is 5.82 Å². The van der Waals surface area contributed by atoms with Gasteiger partial charge in [0.25, 0.3) is 5.91 Å². The highest BCUT2D eigenvalue weighted by Crippen LogP contribution is 2.44. The van der Waals surface area contributed by atoms with Gasteiger partial charge in [0.15, 0.2) is 11.4 Å². The van der Waals surface area contributed by atoms with E-state index in [9.17, 15) is 19.1 Å². The van der Waals surface area contributed by atoms with E-state index in [1.165, 1.54) is 29.2 Å². The molecule has 3 aromatic rings. The predicted molar refractivity (Wildman–Crippen MR) is 119 cm³/mol. The number of ketones is 1. The maximum atomic E-state index is 13.3. The maximum Gasteiger partial charge on any atom is 0.264 e. The van der Waals surface area contributed by atoms with E-state index in [-0.39, 0.29) is 12.1 Å². The third-order valence-corrected chi connectivity index (χ3v) is 6.15. The first-order chi connectivity index (χ1) is 14.3. The van der Waals surface area contributed by atoms with E-state index in [1.54, 1.807) is 18.2 Å². The van der Waals surface area contributed by atoms with Gasteiger partial charge < -0.3 is 10.0 Å². The summed E-state index contributed by atoms with van der Waals surface area (Å²) >= 11 is 6.77. The van der Waals surface area contributed by atoms with Crippen LogP contribution in [-0.2, 0) is 16.9 Å². The fourth-order valence-corrected chi connectivity index (χ4v) is 4.22. The zero-order chi connectivity index (χ0) is 21.5. The van der Waals surface area contributed by atoms with E-state index >= 15 is 0 Å². The fourth-order valence-electron chi connectivity index (χ4n) is 3.59. The number of halogens is 3. The Hall–Kier alpha value is -2.35. The van der Waals surface area contributed by atoms with Gasteiger partial charge in [-0.15, -0.1) is 0 Å². The second-order valence-electron chi connectivity index (χ2n) is 7.15. The highest BCUT2D eigenvalue weighted by molar-refractivity contribution is 9.10. The monoisotopic (exact) mass is 531 g/mol. The van der Waals surface area contributed by atoms with Gasteiger partial charge in [-0.25, -0.2) is 4.39 Å². The standard InChI is InChI=1S/C23H16Br2FNO3/c24-16-5-1-14(2-6-16)13-27-20-10-7-17(25)11-19(20)23(30,22(27)29)12-21(28)15-3-8-18(26)9-4-15/h1-11,30H,12-13H2. The molecule has 1 unspecified atom stereocenters. The van der Waals surface area contributed by atoms with E-state index in [0.717, 1.165) is 10.0 Å². The number of hydrogen-bond acceptors (Lipinski definition) is 3. The zero-order valence-corrected chi connectivity index (χ0v) is 18.8. The van der Waals surface area contributed by atoms with Crippen LogP contribution in [0.25, 0.3) is 0 Å². The van der Waals surface area contributed by atoms with Gasteiger partial charge in [0, 0.05) is 20.1 Å². The van der Waals surface area contributed by atoms with Crippen molar-refractivity contribution in [2.75, 3.05) is 4.90 Å². The number of hydrogen-bond donors (Lipinski definition) is 1. The van der Waals surface area contributed by atoms with Gasteiger partial charge in [-0.1, -0.05) is 44.0 Å². The molecule has 1 aliphatic heterocycles. The molecule has 0 saturated heterocycles. The van der Waals surface area contributed by atoms with Crippen LogP contribution in [0.2, 0.25) is 0 Å². The molecule has 0 radical (unpaired) electrons. The largest absolute Gasteiger partial charge is 0.375 e. The minimum Gasteiger partial charge on any atom is -0.375 e. The molecule has 1 amide bonds. The summed E-state index contributed by atoms with van der Waals surface area (Å²) in [6, 6.07) is 17.8. The lowest BCUT2D eigenvalue weighted by molar-refractivity contribution is -0.136. The van der Waals surface area contributed by atoms with Crippen molar-refractivity contribution >= 4 is 49.2 Å². The van der Waals surface area contributed by atoms with Gasteiger partial charge >= 0.3 is 0 Å². The summed E-state index contributed by atoms with van der Waals surface area (Å²) in [5.41, 5.74) is 0.0463. The molecule has 3 aromatic carbocycles. The lowest BCUT2D eigenvalue weighted by atomic mass is 9.88. The quantitative estimate of drug-likeness (QED) is 0.450. The van der Waals surface area contributed by atoms with E-state index in [0.29, 0.717) is 15.7 Å². The van der Waals surface area contributed by atoms with Gasteiger partial charge in [0.05, 0.1) is 18.7 Å². The Morgan fingerprint density at radius 3 is 2.27 bits per heavy atom. The van der Waals surface area contributed by atoms with Crippen molar-refractivity contribution in [1.82, 2.24) is 0 Å². The van der Waals surface area contributed by atoms with E-state index in [2.05, 4.69) is 31.9 Å². The summed E-state index contributed by atoms with van der Waals surface area (Å²) in [6.45, 7) is 0.258. The molecule has 0 saturated carbocycles. The van der Waals surface area contributed by atoms with Crippen LogP contribution in [0.15, 0.2) is 75.7 Å². The van der Waals surface area contributed by atoms with Gasteiger partial charge in [0.2, 0.25) is 0 Å². The second kappa shape index (κ2) is 8.06. The number of carbonyl (C=O) groups is 2. The molecule has 4 nitrogen and oxygen atoms in total. The Labute approximate surface area is 189 Å². The fraction of sp³-hybridized carbons (Fsp3) is 0.130. The smallest absolute Gasteiger partial charge is 0.264 e. The molecule has 0 aromatic heterocycles. The molecule has 7 heteroatoms. The van der Waals surface area contributed by atoms with Crippen molar-refractivity contribution in [1.29, 1.82) is 0 Å². The molecular weight excluding hydrogens is 517 g/mol. The van der Waals surface area contributed by atoms with E-state index in [1.807, 2.05) is 24.3 Å². The lowest BCUT2D eigenvalue weighted by Crippen LogP contribution is -2.41. The molecule has 4 rings (SSSR count). The molecular formula is C23H16Br2FNO3. The summed E-state index contributed by atoms with van der Waals surface area (Å²) in [5, 5.41) is 11.4. The van der Waals surface area contributed by atoms with Crippen LogP contribution >= 0.6 is 31.9 Å². The highest BCUT2D eigenvalue weighted by atomic mass is 79.9. The average molecular weight is 533 g/mol. The molecule has 0 spiro atoms. The van der Waals surface area contributed by atoms with Crippen molar-refractivity contribution < 1.29 is 19.1 Å². The molecule has 0 bridgehead atoms. The number of nitrogens with zero attached hydrogens (tertiary/aromatic N) is 1. The first kappa shape index (κ1) is 20.9. The number of aliphatic hydroxyl groups is 1. The first-order valence-corrected chi connectivity index (χ1v) is 10.7. The summed E-state index contributed by atoms with van der Waals surface area (Å²) in [5.74, 6) is -1.46. The van der Waals surface area contributed by atoms with Crippen molar-refractivity contribution in [3.63, 3.8) is 0 Å². The maximum absolute atomic E-state index is 13.3. The molecule has 1 N–H and O–H groups in total. The molecule has 1 heterocycles. The van der Waals surface area contributed by atoms with E-state index in [4.69, 9.17) is 0 Å².